The van der Waals surface area contributed by atoms with E-state index in [9.17, 15) is 4.79 Å². The van der Waals surface area contributed by atoms with Gasteiger partial charge in [0.25, 0.3) is 0 Å². The molecular formula is C19H26N2O2. The van der Waals surface area contributed by atoms with E-state index in [0.717, 1.165) is 42.7 Å². The van der Waals surface area contributed by atoms with E-state index in [1.54, 1.807) is 7.11 Å². The molecule has 0 atom stereocenters. The number of ether oxygens (including phenoxy) is 1. The molecule has 1 aliphatic carbocycles. The lowest BCUT2D eigenvalue weighted by atomic mass is 9.68. The van der Waals surface area contributed by atoms with Crippen molar-refractivity contribution in [3.63, 3.8) is 0 Å². The summed E-state index contributed by atoms with van der Waals surface area (Å²) in [5, 5.41) is 3.10. The zero-order valence-electron chi connectivity index (χ0n) is 13.9. The van der Waals surface area contributed by atoms with Crippen LogP contribution in [0.3, 0.4) is 0 Å². The molecule has 1 spiro atoms. The van der Waals surface area contributed by atoms with Crippen molar-refractivity contribution in [1.82, 2.24) is 4.90 Å². The third-order valence-electron chi connectivity index (χ3n) is 6.14. The van der Waals surface area contributed by atoms with Gasteiger partial charge in [-0.2, -0.15) is 0 Å². The van der Waals surface area contributed by atoms with Gasteiger partial charge in [-0.3, -0.25) is 4.79 Å². The molecule has 2 aliphatic heterocycles. The highest BCUT2D eigenvalue weighted by Gasteiger charge is 2.49. The number of amides is 1. The number of likely N-dealkylation sites (tertiary alicyclic amines) is 1. The van der Waals surface area contributed by atoms with Crippen LogP contribution < -0.4 is 10.1 Å². The van der Waals surface area contributed by atoms with Crippen LogP contribution in [0.1, 0.15) is 50.5 Å². The number of anilines is 1. The van der Waals surface area contributed by atoms with E-state index in [1.165, 1.54) is 32.4 Å². The molecular weight excluding hydrogens is 288 g/mol. The second-order valence-electron chi connectivity index (χ2n) is 7.28. The van der Waals surface area contributed by atoms with Gasteiger partial charge in [-0.25, -0.2) is 0 Å². The number of carbonyl (C=O) groups is 1. The van der Waals surface area contributed by atoms with Crippen molar-refractivity contribution in [2.45, 2.75) is 56.4 Å². The van der Waals surface area contributed by atoms with Gasteiger partial charge in [0.1, 0.15) is 5.75 Å². The smallest absolute Gasteiger partial charge is 0.235 e. The molecule has 4 rings (SSSR count). The van der Waals surface area contributed by atoms with E-state index in [0.29, 0.717) is 6.04 Å². The van der Waals surface area contributed by atoms with E-state index < -0.39 is 0 Å². The summed E-state index contributed by atoms with van der Waals surface area (Å²) in [5.41, 5.74) is 1.81. The maximum atomic E-state index is 12.7. The van der Waals surface area contributed by atoms with Crippen molar-refractivity contribution < 1.29 is 9.53 Å². The van der Waals surface area contributed by atoms with E-state index >= 15 is 0 Å². The SMILES string of the molecule is COc1ccc2c(c1)C1(CCC(N3CCCCC3)CC1)C(=O)N2. The number of benzene rings is 1. The third kappa shape index (κ3) is 2.44. The van der Waals surface area contributed by atoms with Gasteiger partial charge in [0, 0.05) is 11.7 Å². The van der Waals surface area contributed by atoms with Crippen LogP contribution in [-0.4, -0.2) is 37.0 Å². The van der Waals surface area contributed by atoms with E-state index in [2.05, 4.69) is 16.3 Å². The number of hydrogen-bond donors (Lipinski definition) is 1. The number of hydrogen-bond acceptors (Lipinski definition) is 3. The summed E-state index contributed by atoms with van der Waals surface area (Å²) in [6.45, 7) is 2.49. The normalized spacial score (nSPS) is 31.0. The topological polar surface area (TPSA) is 41.6 Å². The standard InChI is InChI=1S/C19H26N2O2/c1-23-15-5-6-17-16(13-15)19(18(22)20-17)9-7-14(8-10-19)21-11-3-2-4-12-21/h5-6,13-14H,2-4,7-12H2,1H3,(H,20,22). The highest BCUT2D eigenvalue weighted by atomic mass is 16.5. The Bertz CT molecular complexity index is 599. The summed E-state index contributed by atoms with van der Waals surface area (Å²) in [6, 6.07) is 6.65. The van der Waals surface area contributed by atoms with Crippen LogP contribution >= 0.6 is 0 Å². The van der Waals surface area contributed by atoms with Crippen molar-refractivity contribution >= 4 is 11.6 Å². The molecule has 0 unspecified atom stereocenters. The van der Waals surface area contributed by atoms with Crippen molar-refractivity contribution in [3.8, 4) is 5.75 Å². The number of fused-ring (bicyclic) bond motifs is 2. The fraction of sp³-hybridized carbons (Fsp3) is 0.632. The Balaban J connectivity index is 1.55. The lowest BCUT2D eigenvalue weighted by Crippen LogP contribution is -2.46. The average Bonchev–Trinajstić information content (AvgIpc) is 2.88. The van der Waals surface area contributed by atoms with Crippen LogP contribution in [0.2, 0.25) is 0 Å². The number of carbonyl (C=O) groups excluding carboxylic acids is 1. The molecule has 1 N–H and O–H groups in total. The van der Waals surface area contributed by atoms with Gasteiger partial charge in [0.05, 0.1) is 12.5 Å². The zero-order valence-corrected chi connectivity index (χ0v) is 13.9. The summed E-state index contributed by atoms with van der Waals surface area (Å²) in [4.78, 5) is 15.4. The molecule has 124 valence electrons. The first-order chi connectivity index (χ1) is 11.2. The van der Waals surface area contributed by atoms with E-state index in [4.69, 9.17) is 4.74 Å². The quantitative estimate of drug-likeness (QED) is 0.910. The number of methoxy groups -OCH3 is 1. The second kappa shape index (κ2) is 5.82. The minimum Gasteiger partial charge on any atom is -0.497 e. The molecule has 0 radical (unpaired) electrons. The number of nitrogens with one attached hydrogen (secondary N) is 1. The fourth-order valence-electron chi connectivity index (χ4n) is 4.76. The molecule has 1 aromatic rings. The van der Waals surface area contributed by atoms with Crippen molar-refractivity contribution in [1.29, 1.82) is 0 Å². The van der Waals surface area contributed by atoms with Crippen LogP contribution in [0.4, 0.5) is 5.69 Å². The molecule has 1 amide bonds. The molecule has 4 heteroatoms. The molecule has 2 heterocycles. The maximum absolute atomic E-state index is 12.7. The van der Waals surface area contributed by atoms with Crippen molar-refractivity contribution in [3.05, 3.63) is 23.8 Å². The Labute approximate surface area is 138 Å². The van der Waals surface area contributed by atoms with Gasteiger partial charge in [0.2, 0.25) is 5.91 Å². The van der Waals surface area contributed by atoms with Gasteiger partial charge in [0.15, 0.2) is 0 Å². The minimum absolute atomic E-state index is 0.192. The molecule has 1 aromatic carbocycles. The monoisotopic (exact) mass is 314 g/mol. The van der Waals surface area contributed by atoms with Gasteiger partial charge >= 0.3 is 0 Å². The summed E-state index contributed by atoms with van der Waals surface area (Å²) in [6.07, 6.45) is 8.22. The van der Waals surface area contributed by atoms with E-state index in [-0.39, 0.29) is 11.3 Å². The lowest BCUT2D eigenvalue weighted by Gasteiger charge is -2.42. The first-order valence-corrected chi connectivity index (χ1v) is 8.97. The molecule has 0 aromatic heterocycles. The number of nitrogens with zero attached hydrogens (tertiary/aromatic N) is 1. The molecule has 0 bridgehead atoms. The van der Waals surface area contributed by atoms with Crippen LogP contribution in [0, 0.1) is 0 Å². The Morgan fingerprint density at radius 3 is 2.61 bits per heavy atom. The molecule has 1 saturated heterocycles. The van der Waals surface area contributed by atoms with Crippen LogP contribution in [0.25, 0.3) is 0 Å². The largest absolute Gasteiger partial charge is 0.497 e. The lowest BCUT2D eigenvalue weighted by molar-refractivity contribution is -0.122. The van der Waals surface area contributed by atoms with Crippen molar-refractivity contribution in [2.75, 3.05) is 25.5 Å². The van der Waals surface area contributed by atoms with Crippen LogP contribution in [0.15, 0.2) is 18.2 Å². The molecule has 3 aliphatic rings. The summed E-state index contributed by atoms with van der Waals surface area (Å²) in [5.74, 6) is 1.04. The molecule has 2 fully saturated rings. The molecule has 4 nitrogen and oxygen atoms in total. The molecule has 23 heavy (non-hydrogen) atoms. The van der Waals surface area contributed by atoms with Crippen molar-refractivity contribution in [2.24, 2.45) is 0 Å². The summed E-state index contributed by atoms with van der Waals surface area (Å²) >= 11 is 0. The third-order valence-corrected chi connectivity index (χ3v) is 6.14. The van der Waals surface area contributed by atoms with Crippen LogP contribution in [0.5, 0.6) is 5.75 Å². The Morgan fingerprint density at radius 1 is 1.17 bits per heavy atom. The van der Waals surface area contributed by atoms with Gasteiger partial charge in [-0.15, -0.1) is 0 Å². The highest BCUT2D eigenvalue weighted by molar-refractivity contribution is 6.06. The maximum Gasteiger partial charge on any atom is 0.235 e. The van der Waals surface area contributed by atoms with Gasteiger partial charge < -0.3 is 15.0 Å². The summed E-state index contributed by atoms with van der Waals surface area (Å²) < 4.78 is 5.38. The fourth-order valence-corrected chi connectivity index (χ4v) is 4.76. The second-order valence-corrected chi connectivity index (χ2v) is 7.28. The first kappa shape index (κ1) is 15.0. The Kier molecular flexibility index (Phi) is 3.80. The average molecular weight is 314 g/mol. The van der Waals surface area contributed by atoms with Gasteiger partial charge in [-0.1, -0.05) is 6.42 Å². The Hall–Kier alpha value is -1.55. The summed E-state index contributed by atoms with van der Waals surface area (Å²) in [7, 11) is 1.69. The Morgan fingerprint density at radius 2 is 1.91 bits per heavy atom. The highest BCUT2D eigenvalue weighted by Crippen LogP contribution is 2.49. The zero-order chi connectivity index (χ0) is 15.9. The minimum atomic E-state index is -0.323. The molecule has 1 saturated carbocycles. The predicted molar refractivity (Wildman–Crippen MR) is 91.0 cm³/mol. The van der Waals surface area contributed by atoms with E-state index in [1.807, 2.05) is 12.1 Å². The number of rotatable bonds is 2. The number of piperidine rings is 1. The first-order valence-electron chi connectivity index (χ1n) is 8.97. The predicted octanol–water partition coefficient (Wildman–Crippen LogP) is 3.31. The van der Waals surface area contributed by atoms with Gasteiger partial charge in [-0.05, 0) is 75.4 Å². The van der Waals surface area contributed by atoms with Crippen LogP contribution in [-0.2, 0) is 10.2 Å².